The minimum Gasteiger partial charge on any atom is -0.497 e. The average Bonchev–Trinajstić information content (AvgIpc) is 2.42. The molecule has 3 aliphatic rings. The third kappa shape index (κ3) is 3.11. The maximum absolute atomic E-state index is 12.0. The van der Waals surface area contributed by atoms with Crippen molar-refractivity contribution in [2.75, 3.05) is 7.11 Å². The van der Waals surface area contributed by atoms with Gasteiger partial charge in [0, 0.05) is 10.4 Å². The minimum absolute atomic E-state index is 0.104. The van der Waals surface area contributed by atoms with Gasteiger partial charge >= 0.3 is 12.1 Å². The van der Waals surface area contributed by atoms with E-state index in [4.69, 9.17) is 21.1 Å². The van der Waals surface area contributed by atoms with E-state index in [0.717, 1.165) is 5.56 Å². The molecule has 7 heteroatoms. The first-order valence-corrected chi connectivity index (χ1v) is 8.94. The van der Waals surface area contributed by atoms with Crippen molar-refractivity contribution in [3.63, 3.8) is 0 Å². The highest BCUT2D eigenvalue weighted by Gasteiger charge is 2.73. The molecule has 1 unspecified atom stereocenters. The van der Waals surface area contributed by atoms with E-state index in [2.05, 4.69) is 5.32 Å². The summed E-state index contributed by atoms with van der Waals surface area (Å²) in [6, 6.07) is 4.62. The number of rotatable bonds is 5. The van der Waals surface area contributed by atoms with E-state index in [-0.39, 0.29) is 5.41 Å². The minimum atomic E-state index is -1.04. The number of hydrogen-bond acceptors (Lipinski definition) is 4. The highest BCUT2D eigenvalue weighted by atomic mass is 35.5. The van der Waals surface area contributed by atoms with Crippen molar-refractivity contribution in [2.45, 2.75) is 57.1 Å². The summed E-state index contributed by atoms with van der Waals surface area (Å²) in [5.41, 5.74) is -0.202. The summed E-state index contributed by atoms with van der Waals surface area (Å²) < 4.78 is 10.4. The van der Waals surface area contributed by atoms with Gasteiger partial charge in [-0.2, -0.15) is 0 Å². The summed E-state index contributed by atoms with van der Waals surface area (Å²) in [6.45, 7) is 5.22. The number of carbonyl (C=O) groups excluding carboxylic acids is 1. The quantitative estimate of drug-likeness (QED) is 0.811. The Hall–Kier alpha value is -1.95. The number of methoxy groups -OCH3 is 1. The van der Waals surface area contributed by atoms with Crippen molar-refractivity contribution in [1.29, 1.82) is 0 Å². The molecule has 0 aromatic heterocycles. The zero-order valence-electron chi connectivity index (χ0n) is 15.4. The van der Waals surface area contributed by atoms with Crippen LogP contribution in [0.1, 0.15) is 45.6 Å². The van der Waals surface area contributed by atoms with Gasteiger partial charge in [0.1, 0.15) is 17.4 Å². The van der Waals surface area contributed by atoms with Gasteiger partial charge in [0.2, 0.25) is 0 Å². The molecule has 26 heavy (non-hydrogen) atoms. The molecule has 0 radical (unpaired) electrons. The van der Waals surface area contributed by atoms with Crippen molar-refractivity contribution in [2.24, 2.45) is 5.41 Å². The lowest BCUT2D eigenvalue weighted by Gasteiger charge is -2.72. The van der Waals surface area contributed by atoms with Crippen molar-refractivity contribution in [1.82, 2.24) is 5.32 Å². The number of halogens is 1. The number of alkyl carbamates (subject to hydrolysis) is 1. The molecule has 0 spiro atoms. The summed E-state index contributed by atoms with van der Waals surface area (Å²) in [6.07, 6.45) is 1.34. The Morgan fingerprint density at radius 1 is 1.27 bits per heavy atom. The van der Waals surface area contributed by atoms with E-state index >= 15 is 0 Å². The first kappa shape index (κ1) is 18.8. The maximum atomic E-state index is 12.0. The van der Waals surface area contributed by atoms with Crippen molar-refractivity contribution >= 4 is 23.7 Å². The number of carboxylic acid groups (broad SMARTS) is 1. The Balaban J connectivity index is 1.71. The number of ether oxygens (including phenoxy) is 2. The number of carboxylic acids is 1. The molecule has 2 N–H and O–H groups in total. The van der Waals surface area contributed by atoms with Crippen molar-refractivity contribution < 1.29 is 24.2 Å². The summed E-state index contributed by atoms with van der Waals surface area (Å²) in [4.78, 5) is 23.8. The zero-order chi connectivity index (χ0) is 19.3. The molecular weight excluding hydrogens is 358 g/mol. The van der Waals surface area contributed by atoms with Gasteiger partial charge in [-0.05, 0) is 63.1 Å². The Labute approximate surface area is 157 Å². The number of benzene rings is 1. The predicted molar refractivity (Wildman–Crippen MR) is 96.8 cm³/mol. The first-order chi connectivity index (χ1) is 12.0. The second-order valence-corrected chi connectivity index (χ2v) is 8.84. The monoisotopic (exact) mass is 381 g/mol. The van der Waals surface area contributed by atoms with Crippen LogP contribution in [-0.2, 0) is 14.9 Å². The molecule has 142 valence electrons. The maximum Gasteiger partial charge on any atom is 0.408 e. The van der Waals surface area contributed by atoms with Crippen LogP contribution in [0.4, 0.5) is 4.79 Å². The van der Waals surface area contributed by atoms with Gasteiger partial charge in [0.05, 0.1) is 7.11 Å². The van der Waals surface area contributed by atoms with E-state index in [9.17, 15) is 14.7 Å². The first-order valence-electron chi connectivity index (χ1n) is 8.57. The van der Waals surface area contributed by atoms with Crippen LogP contribution in [0.25, 0.3) is 0 Å². The Morgan fingerprint density at radius 3 is 2.35 bits per heavy atom. The molecular formula is C19H24ClNO5. The molecule has 3 saturated carbocycles. The lowest BCUT2D eigenvalue weighted by atomic mass is 9.31. The molecule has 3 fully saturated rings. The van der Waals surface area contributed by atoms with E-state index in [1.807, 2.05) is 12.1 Å². The van der Waals surface area contributed by atoms with Gasteiger partial charge in [-0.25, -0.2) is 9.59 Å². The zero-order valence-corrected chi connectivity index (χ0v) is 16.1. The fourth-order valence-electron chi connectivity index (χ4n) is 4.41. The van der Waals surface area contributed by atoms with Crippen molar-refractivity contribution in [3.8, 4) is 5.75 Å². The van der Waals surface area contributed by atoms with Gasteiger partial charge in [-0.3, -0.25) is 0 Å². The molecule has 1 atom stereocenters. The highest BCUT2D eigenvalue weighted by Crippen LogP contribution is 2.75. The van der Waals surface area contributed by atoms with Gasteiger partial charge < -0.3 is 19.9 Å². The fraction of sp³-hybridized carbons (Fsp3) is 0.579. The van der Waals surface area contributed by atoms with E-state index < -0.39 is 29.1 Å². The van der Waals surface area contributed by atoms with Gasteiger partial charge in [-0.1, -0.05) is 17.7 Å². The highest BCUT2D eigenvalue weighted by molar-refractivity contribution is 6.31. The number of nitrogens with one attached hydrogen (secondary N) is 1. The molecule has 0 saturated heterocycles. The van der Waals surface area contributed by atoms with Crippen molar-refractivity contribution in [3.05, 3.63) is 28.8 Å². The number of carbonyl (C=O) groups is 2. The fourth-order valence-corrected chi connectivity index (χ4v) is 4.78. The SMILES string of the molecule is COc1ccc(C23CC(C(NC(=O)OC(C)(C)C)C(=O)O)(C2)C3)c(Cl)c1. The predicted octanol–water partition coefficient (Wildman–Crippen LogP) is 3.75. The second kappa shape index (κ2) is 6.05. The molecule has 4 rings (SSSR count). The lowest BCUT2D eigenvalue weighted by molar-refractivity contribution is -0.183. The van der Waals surface area contributed by atoms with Gasteiger partial charge in [0.15, 0.2) is 0 Å². The third-order valence-corrected chi connectivity index (χ3v) is 5.65. The summed E-state index contributed by atoms with van der Waals surface area (Å²) in [5, 5.41) is 12.8. The Kier molecular flexibility index (Phi) is 4.38. The van der Waals surface area contributed by atoms with Gasteiger partial charge in [-0.15, -0.1) is 0 Å². The molecule has 0 aliphatic heterocycles. The summed E-state index contributed by atoms with van der Waals surface area (Å²) in [7, 11) is 1.58. The van der Waals surface area contributed by atoms with E-state index in [1.165, 1.54) is 0 Å². The van der Waals surface area contributed by atoms with Crippen LogP contribution in [-0.4, -0.2) is 35.9 Å². The van der Waals surface area contributed by atoms with Crippen LogP contribution in [0, 0.1) is 5.41 Å². The lowest BCUT2D eigenvalue weighted by Crippen LogP contribution is -2.73. The topological polar surface area (TPSA) is 84.9 Å². The van der Waals surface area contributed by atoms with E-state index in [1.54, 1.807) is 33.9 Å². The van der Waals surface area contributed by atoms with Crippen LogP contribution < -0.4 is 10.1 Å². The van der Waals surface area contributed by atoms with Crippen LogP contribution in [0.2, 0.25) is 5.02 Å². The van der Waals surface area contributed by atoms with E-state index in [0.29, 0.717) is 30.0 Å². The summed E-state index contributed by atoms with van der Waals surface area (Å²) >= 11 is 6.39. The smallest absolute Gasteiger partial charge is 0.408 e. The largest absolute Gasteiger partial charge is 0.497 e. The van der Waals surface area contributed by atoms with Crippen LogP contribution in [0.3, 0.4) is 0 Å². The number of amides is 1. The average molecular weight is 382 g/mol. The number of hydrogen-bond donors (Lipinski definition) is 2. The Morgan fingerprint density at radius 2 is 1.88 bits per heavy atom. The second-order valence-electron chi connectivity index (χ2n) is 8.44. The Bertz CT molecular complexity index is 735. The molecule has 1 aromatic carbocycles. The molecule has 0 heterocycles. The molecule has 2 bridgehead atoms. The normalized spacial score (nSPS) is 27.6. The molecule has 1 aromatic rings. The molecule has 1 amide bonds. The van der Waals surface area contributed by atoms with Gasteiger partial charge in [0.25, 0.3) is 0 Å². The molecule has 3 aliphatic carbocycles. The third-order valence-electron chi connectivity index (χ3n) is 5.34. The van der Waals surface area contributed by atoms with Crippen LogP contribution in [0.5, 0.6) is 5.75 Å². The van der Waals surface area contributed by atoms with Crippen LogP contribution in [0.15, 0.2) is 18.2 Å². The summed E-state index contributed by atoms with van der Waals surface area (Å²) in [5.74, 6) is -0.347. The standard InChI is InChI=1S/C19H24ClNO5/c1-17(2,3)26-16(24)21-14(15(22)23)19-8-18(9-19,10-19)12-6-5-11(25-4)7-13(12)20/h5-7,14H,8-10H2,1-4H3,(H,21,24)(H,22,23). The number of aliphatic carboxylic acids is 1. The van der Waals surface area contributed by atoms with Crippen LogP contribution >= 0.6 is 11.6 Å². The molecule has 6 nitrogen and oxygen atoms in total.